The average molecular weight is 327 g/mol. The molecule has 0 bridgehead atoms. The molecule has 0 spiro atoms. The first-order chi connectivity index (χ1) is 11.5. The van der Waals surface area contributed by atoms with Crippen LogP contribution in [0, 0.1) is 0 Å². The number of rotatable bonds is 6. The molecule has 0 unspecified atom stereocenters. The molecule has 2 amide bonds. The van der Waals surface area contributed by atoms with Crippen LogP contribution in [0.25, 0.3) is 0 Å². The molecule has 0 saturated heterocycles. The van der Waals surface area contributed by atoms with E-state index in [1.54, 1.807) is 6.07 Å². The second-order valence-electron chi connectivity index (χ2n) is 5.36. The van der Waals surface area contributed by atoms with Crippen LogP contribution in [0.2, 0.25) is 0 Å². The molecule has 6 nitrogen and oxygen atoms in total. The average Bonchev–Trinajstić information content (AvgIpc) is 2.55. The summed E-state index contributed by atoms with van der Waals surface area (Å²) in [4.78, 5) is 23.2. The van der Waals surface area contributed by atoms with E-state index in [4.69, 9.17) is 0 Å². The second-order valence-corrected chi connectivity index (χ2v) is 5.36. The van der Waals surface area contributed by atoms with Crippen LogP contribution in [-0.4, -0.2) is 23.5 Å². The van der Waals surface area contributed by atoms with Gasteiger partial charge in [0.15, 0.2) is 0 Å². The van der Waals surface area contributed by atoms with Crippen LogP contribution in [-0.2, 0) is 16.0 Å². The fraction of sp³-hybridized carbons (Fsp3) is 0.222. The summed E-state index contributed by atoms with van der Waals surface area (Å²) in [5.74, 6) is -0.414. The Labute approximate surface area is 140 Å². The van der Waals surface area contributed by atoms with Gasteiger partial charge in [-0.2, -0.15) is 0 Å². The van der Waals surface area contributed by atoms with Gasteiger partial charge in [0.1, 0.15) is 5.75 Å². The molecular formula is C18H21N3O3. The van der Waals surface area contributed by atoms with Crippen LogP contribution < -0.4 is 16.0 Å². The lowest BCUT2D eigenvalue weighted by Crippen LogP contribution is -2.22. The molecule has 0 aliphatic carbocycles. The maximum Gasteiger partial charge on any atom is 0.243 e. The molecule has 126 valence electrons. The zero-order valence-electron chi connectivity index (χ0n) is 13.7. The van der Waals surface area contributed by atoms with Crippen LogP contribution in [0.15, 0.2) is 42.5 Å². The van der Waals surface area contributed by atoms with Gasteiger partial charge < -0.3 is 21.1 Å². The van der Waals surface area contributed by atoms with E-state index in [0.717, 1.165) is 12.1 Å². The van der Waals surface area contributed by atoms with Gasteiger partial charge in [-0.3, -0.25) is 9.59 Å². The Hall–Kier alpha value is -3.02. The van der Waals surface area contributed by atoms with E-state index in [0.29, 0.717) is 11.4 Å². The molecular weight excluding hydrogens is 306 g/mol. The molecule has 0 fully saturated rings. The second kappa shape index (κ2) is 8.01. The van der Waals surface area contributed by atoms with E-state index in [2.05, 4.69) is 22.9 Å². The van der Waals surface area contributed by atoms with E-state index in [1.807, 2.05) is 24.3 Å². The quantitative estimate of drug-likeness (QED) is 0.614. The lowest BCUT2D eigenvalue weighted by Gasteiger charge is -2.13. The smallest absolute Gasteiger partial charge is 0.243 e. The van der Waals surface area contributed by atoms with E-state index in [1.165, 1.54) is 24.6 Å². The molecule has 0 saturated carbocycles. The Balaban J connectivity index is 1.97. The van der Waals surface area contributed by atoms with Crippen molar-refractivity contribution < 1.29 is 14.7 Å². The van der Waals surface area contributed by atoms with E-state index in [-0.39, 0.29) is 24.1 Å². The summed E-state index contributed by atoms with van der Waals surface area (Å²) in [6, 6.07) is 12.1. The lowest BCUT2D eigenvalue weighted by atomic mass is 10.1. The largest absolute Gasteiger partial charge is 0.508 e. The molecule has 0 aromatic heterocycles. The summed E-state index contributed by atoms with van der Waals surface area (Å²) < 4.78 is 0. The van der Waals surface area contributed by atoms with E-state index < -0.39 is 0 Å². The Bertz CT molecular complexity index is 727. The molecule has 2 rings (SSSR count). The molecule has 0 aliphatic rings. The number of aromatic hydroxyl groups is 1. The summed E-state index contributed by atoms with van der Waals surface area (Å²) >= 11 is 0. The zero-order valence-corrected chi connectivity index (χ0v) is 13.7. The number of benzene rings is 2. The zero-order chi connectivity index (χ0) is 17.5. The van der Waals surface area contributed by atoms with Crippen molar-refractivity contribution in [3.05, 3.63) is 48.0 Å². The number of carbonyl (C=O) groups excluding carboxylic acids is 2. The van der Waals surface area contributed by atoms with Gasteiger partial charge in [0, 0.05) is 18.7 Å². The summed E-state index contributed by atoms with van der Waals surface area (Å²) in [7, 11) is 0. The van der Waals surface area contributed by atoms with Gasteiger partial charge in [0.05, 0.1) is 17.9 Å². The minimum Gasteiger partial charge on any atom is -0.508 e. The number of hydrogen-bond donors (Lipinski definition) is 4. The van der Waals surface area contributed by atoms with Crippen molar-refractivity contribution >= 4 is 28.9 Å². The number of phenolic OH excluding ortho intramolecular Hbond substituents is 1. The molecule has 4 N–H and O–H groups in total. The summed E-state index contributed by atoms with van der Waals surface area (Å²) in [5.41, 5.74) is 2.89. The predicted octanol–water partition coefficient (Wildman–Crippen LogP) is 2.96. The van der Waals surface area contributed by atoms with Crippen molar-refractivity contribution in [2.75, 3.05) is 22.5 Å². The normalized spacial score (nSPS) is 10.1. The number of anilines is 3. The number of hydrogen-bond acceptors (Lipinski definition) is 4. The fourth-order valence-corrected chi connectivity index (χ4v) is 2.18. The van der Waals surface area contributed by atoms with Gasteiger partial charge in [0.2, 0.25) is 11.8 Å². The van der Waals surface area contributed by atoms with Crippen molar-refractivity contribution in [1.82, 2.24) is 0 Å². The van der Waals surface area contributed by atoms with E-state index in [9.17, 15) is 14.7 Å². The third kappa shape index (κ3) is 5.01. The molecule has 0 radical (unpaired) electrons. The van der Waals surface area contributed by atoms with Crippen LogP contribution in [0.3, 0.4) is 0 Å². The van der Waals surface area contributed by atoms with Crippen molar-refractivity contribution in [2.24, 2.45) is 0 Å². The van der Waals surface area contributed by atoms with Crippen molar-refractivity contribution in [2.45, 2.75) is 20.3 Å². The molecule has 24 heavy (non-hydrogen) atoms. The monoisotopic (exact) mass is 327 g/mol. The van der Waals surface area contributed by atoms with Gasteiger partial charge in [-0.05, 0) is 36.2 Å². The lowest BCUT2D eigenvalue weighted by molar-refractivity contribution is -0.115. The first-order valence-electron chi connectivity index (χ1n) is 7.71. The highest BCUT2D eigenvalue weighted by atomic mass is 16.3. The Kier molecular flexibility index (Phi) is 5.78. The Morgan fingerprint density at radius 2 is 1.71 bits per heavy atom. The molecule has 2 aromatic carbocycles. The number of phenols is 1. The van der Waals surface area contributed by atoms with Gasteiger partial charge in [-0.1, -0.05) is 19.1 Å². The highest BCUT2D eigenvalue weighted by molar-refractivity contribution is 5.96. The summed E-state index contributed by atoms with van der Waals surface area (Å²) in [6.07, 6.45) is 0.944. The molecule has 0 heterocycles. The fourth-order valence-electron chi connectivity index (χ4n) is 2.18. The first-order valence-corrected chi connectivity index (χ1v) is 7.71. The topological polar surface area (TPSA) is 90.5 Å². The highest BCUT2D eigenvalue weighted by Gasteiger charge is 2.08. The first kappa shape index (κ1) is 17.3. The minimum absolute atomic E-state index is 0.00552. The Morgan fingerprint density at radius 3 is 2.33 bits per heavy atom. The van der Waals surface area contributed by atoms with Gasteiger partial charge in [0.25, 0.3) is 0 Å². The maximum atomic E-state index is 12.0. The predicted molar refractivity (Wildman–Crippen MR) is 95.3 cm³/mol. The molecule has 0 aliphatic heterocycles. The number of aryl methyl sites for hydroxylation is 1. The van der Waals surface area contributed by atoms with Gasteiger partial charge >= 0.3 is 0 Å². The van der Waals surface area contributed by atoms with Crippen LogP contribution in [0.1, 0.15) is 19.4 Å². The SMILES string of the molecule is CCc1ccc(NC(=O)CNc2cc(O)ccc2NC(C)=O)cc1. The van der Waals surface area contributed by atoms with Gasteiger partial charge in [-0.15, -0.1) is 0 Å². The summed E-state index contributed by atoms with van der Waals surface area (Å²) in [6.45, 7) is 3.47. The third-order valence-electron chi connectivity index (χ3n) is 3.40. The standard InChI is InChI=1S/C18H21N3O3/c1-3-13-4-6-14(7-5-13)21-18(24)11-19-17-10-15(23)8-9-16(17)20-12(2)22/h4-10,19,23H,3,11H2,1-2H3,(H,20,22)(H,21,24). The van der Waals surface area contributed by atoms with Crippen LogP contribution >= 0.6 is 0 Å². The number of carbonyl (C=O) groups is 2. The Morgan fingerprint density at radius 1 is 1.00 bits per heavy atom. The highest BCUT2D eigenvalue weighted by Crippen LogP contribution is 2.26. The van der Waals surface area contributed by atoms with Crippen molar-refractivity contribution in [3.63, 3.8) is 0 Å². The van der Waals surface area contributed by atoms with Crippen LogP contribution in [0.4, 0.5) is 17.1 Å². The number of nitrogens with one attached hydrogen (secondary N) is 3. The number of amides is 2. The molecule has 2 aromatic rings. The minimum atomic E-state index is -0.232. The maximum absolute atomic E-state index is 12.0. The molecule has 0 atom stereocenters. The van der Waals surface area contributed by atoms with Crippen LogP contribution in [0.5, 0.6) is 5.75 Å². The molecule has 6 heteroatoms. The van der Waals surface area contributed by atoms with E-state index >= 15 is 0 Å². The van der Waals surface area contributed by atoms with Crippen molar-refractivity contribution in [1.29, 1.82) is 0 Å². The van der Waals surface area contributed by atoms with Gasteiger partial charge in [-0.25, -0.2) is 0 Å². The van der Waals surface area contributed by atoms with Crippen molar-refractivity contribution in [3.8, 4) is 5.75 Å². The summed E-state index contributed by atoms with van der Waals surface area (Å²) in [5, 5.41) is 17.9. The third-order valence-corrected chi connectivity index (χ3v) is 3.40.